The molecule has 0 amide bonds. The van der Waals surface area contributed by atoms with E-state index < -0.39 is 0 Å². The minimum atomic E-state index is 0.0375. The highest BCUT2D eigenvalue weighted by Gasteiger charge is 2.39. The van der Waals surface area contributed by atoms with E-state index >= 15 is 0 Å². The topological polar surface area (TPSA) is 75.2 Å². The second-order valence-corrected chi connectivity index (χ2v) is 7.38. The van der Waals surface area contributed by atoms with E-state index in [0.29, 0.717) is 25.0 Å². The molecule has 24 heavy (non-hydrogen) atoms. The highest BCUT2D eigenvalue weighted by atomic mass is 16.5. The zero-order valence-electron chi connectivity index (χ0n) is 14.9. The van der Waals surface area contributed by atoms with Gasteiger partial charge in [-0.05, 0) is 24.3 Å². The van der Waals surface area contributed by atoms with E-state index in [2.05, 4.69) is 36.1 Å². The second-order valence-electron chi connectivity index (χ2n) is 7.38. The molecule has 1 aliphatic rings. The van der Waals surface area contributed by atoms with Crippen LogP contribution in [0.25, 0.3) is 0 Å². The molecule has 0 aromatic carbocycles. The molecule has 7 nitrogen and oxygen atoms in total. The lowest BCUT2D eigenvalue weighted by Gasteiger charge is -2.38. The van der Waals surface area contributed by atoms with Crippen LogP contribution in [0.2, 0.25) is 0 Å². The highest BCUT2D eigenvalue weighted by Crippen LogP contribution is 2.39. The first-order chi connectivity index (χ1) is 11.4. The minimum Gasteiger partial charge on any atom is -0.422 e. The number of ether oxygens (including phenoxy) is 2. The lowest BCUT2D eigenvalue weighted by Crippen LogP contribution is -2.38. The van der Waals surface area contributed by atoms with E-state index in [1.807, 2.05) is 13.1 Å². The van der Waals surface area contributed by atoms with E-state index in [9.17, 15) is 0 Å². The van der Waals surface area contributed by atoms with Crippen molar-refractivity contribution in [1.29, 1.82) is 0 Å². The number of hydrogen-bond acceptors (Lipinski definition) is 6. The predicted molar refractivity (Wildman–Crippen MR) is 87.2 cm³/mol. The quantitative estimate of drug-likeness (QED) is 0.837. The number of aromatic nitrogens is 4. The maximum Gasteiger partial charge on any atom is 0.242 e. The van der Waals surface area contributed by atoms with Gasteiger partial charge in [0.05, 0.1) is 24.3 Å². The van der Waals surface area contributed by atoms with Crippen LogP contribution < -0.4 is 0 Å². The third-order valence-corrected chi connectivity index (χ3v) is 4.37. The third-order valence-electron chi connectivity index (χ3n) is 4.37. The van der Waals surface area contributed by atoms with Crippen molar-refractivity contribution in [3.63, 3.8) is 0 Å². The molecule has 3 heterocycles. The van der Waals surface area contributed by atoms with E-state index in [1.165, 1.54) is 0 Å². The van der Waals surface area contributed by atoms with Crippen molar-refractivity contribution in [2.75, 3.05) is 6.61 Å². The molecule has 0 bridgehead atoms. The maximum absolute atomic E-state index is 5.99. The lowest BCUT2D eigenvalue weighted by atomic mass is 9.78. The average molecular weight is 334 g/mol. The summed E-state index contributed by atoms with van der Waals surface area (Å²) in [6.45, 7) is 8.11. The fourth-order valence-corrected chi connectivity index (χ4v) is 3.15. The van der Waals surface area contributed by atoms with Gasteiger partial charge >= 0.3 is 0 Å². The molecule has 1 saturated heterocycles. The fraction of sp³-hybridized carbons (Fsp3) is 0.706. The van der Waals surface area contributed by atoms with Gasteiger partial charge in [-0.2, -0.15) is 5.10 Å². The van der Waals surface area contributed by atoms with Gasteiger partial charge in [-0.15, -0.1) is 10.2 Å². The lowest BCUT2D eigenvalue weighted by molar-refractivity contribution is -0.0681. The van der Waals surface area contributed by atoms with Gasteiger partial charge in [0.15, 0.2) is 0 Å². The molecular formula is C17H26N4O3. The van der Waals surface area contributed by atoms with Gasteiger partial charge in [-0.1, -0.05) is 20.8 Å². The van der Waals surface area contributed by atoms with Gasteiger partial charge in [-0.25, -0.2) is 0 Å². The Labute approximate surface area is 142 Å². The van der Waals surface area contributed by atoms with Gasteiger partial charge in [0, 0.05) is 19.9 Å². The summed E-state index contributed by atoms with van der Waals surface area (Å²) in [4.78, 5) is 0. The fourth-order valence-electron chi connectivity index (χ4n) is 3.15. The van der Waals surface area contributed by atoms with Crippen LogP contribution in [-0.4, -0.2) is 32.7 Å². The summed E-state index contributed by atoms with van der Waals surface area (Å²) in [6, 6.07) is 1.92. The maximum atomic E-state index is 5.99. The van der Waals surface area contributed by atoms with Crippen LogP contribution in [0.5, 0.6) is 0 Å². The van der Waals surface area contributed by atoms with Gasteiger partial charge in [0.2, 0.25) is 11.8 Å². The Morgan fingerprint density at radius 3 is 2.83 bits per heavy atom. The van der Waals surface area contributed by atoms with Crippen LogP contribution in [0.15, 0.2) is 16.7 Å². The van der Waals surface area contributed by atoms with Crippen LogP contribution in [0.4, 0.5) is 0 Å². The molecule has 0 unspecified atom stereocenters. The summed E-state index contributed by atoms with van der Waals surface area (Å²) in [7, 11) is 1.89. The number of rotatable bonds is 5. The van der Waals surface area contributed by atoms with Crippen molar-refractivity contribution >= 4 is 0 Å². The van der Waals surface area contributed by atoms with Crippen molar-refractivity contribution in [2.24, 2.45) is 12.5 Å². The van der Waals surface area contributed by atoms with Crippen LogP contribution in [0, 0.1) is 5.41 Å². The van der Waals surface area contributed by atoms with Crippen molar-refractivity contribution in [3.05, 3.63) is 29.7 Å². The molecule has 0 spiro atoms. The summed E-state index contributed by atoms with van der Waals surface area (Å²) in [5.74, 6) is 1.32. The molecule has 0 N–H and O–H groups in total. The molecule has 0 aliphatic carbocycles. The third kappa shape index (κ3) is 3.84. The Balaban J connectivity index is 1.61. The van der Waals surface area contributed by atoms with Gasteiger partial charge < -0.3 is 13.9 Å². The van der Waals surface area contributed by atoms with Crippen molar-refractivity contribution in [1.82, 2.24) is 20.0 Å². The first-order valence-corrected chi connectivity index (χ1v) is 8.43. The first kappa shape index (κ1) is 17.1. The number of aryl methyl sites for hydroxylation is 1. The minimum absolute atomic E-state index is 0.0375. The molecule has 132 valence electrons. The summed E-state index contributed by atoms with van der Waals surface area (Å²) < 4.78 is 19.3. The van der Waals surface area contributed by atoms with Crippen LogP contribution in [-0.2, 0) is 29.7 Å². The van der Waals surface area contributed by atoms with Gasteiger partial charge in [0.25, 0.3) is 0 Å². The Bertz CT molecular complexity index is 659. The molecule has 1 fully saturated rings. The van der Waals surface area contributed by atoms with Gasteiger partial charge in [0.1, 0.15) is 6.61 Å². The monoisotopic (exact) mass is 334 g/mol. The molecule has 0 saturated carbocycles. The van der Waals surface area contributed by atoms with Crippen LogP contribution in [0.3, 0.4) is 0 Å². The van der Waals surface area contributed by atoms with E-state index in [4.69, 9.17) is 13.9 Å². The number of hydrogen-bond donors (Lipinski definition) is 0. The molecule has 1 aliphatic heterocycles. The standard InChI is InChI=1S/C17H26N4O3/c1-17(2,3)15-13(6-5-9-23-15)16-20-19-14(24-16)11-22-10-12-7-8-18-21(12)4/h7-8,13,15H,5-6,9-11H2,1-4H3/t13-,15-/m1/s1. The first-order valence-electron chi connectivity index (χ1n) is 8.43. The Kier molecular flexibility index (Phi) is 5.01. The van der Waals surface area contributed by atoms with E-state index in [1.54, 1.807) is 10.9 Å². The predicted octanol–water partition coefficient (Wildman–Crippen LogP) is 2.83. The van der Waals surface area contributed by atoms with Crippen LogP contribution in [0.1, 0.15) is 57.0 Å². The molecule has 7 heteroatoms. The molecule has 2 atom stereocenters. The zero-order chi connectivity index (χ0) is 17.2. The van der Waals surface area contributed by atoms with Gasteiger partial charge in [-0.3, -0.25) is 4.68 Å². The van der Waals surface area contributed by atoms with Crippen LogP contribution >= 0.6 is 0 Å². The molecular weight excluding hydrogens is 308 g/mol. The largest absolute Gasteiger partial charge is 0.422 e. The molecule has 2 aromatic heterocycles. The normalized spacial score (nSPS) is 22.0. The summed E-state index contributed by atoms with van der Waals surface area (Å²) in [5, 5.41) is 12.5. The Morgan fingerprint density at radius 1 is 1.29 bits per heavy atom. The van der Waals surface area contributed by atoms with E-state index in [-0.39, 0.29) is 17.4 Å². The van der Waals surface area contributed by atoms with Crippen molar-refractivity contribution < 1.29 is 13.9 Å². The van der Waals surface area contributed by atoms with E-state index in [0.717, 1.165) is 25.1 Å². The smallest absolute Gasteiger partial charge is 0.242 e. The zero-order valence-corrected chi connectivity index (χ0v) is 14.9. The molecule has 2 aromatic rings. The summed E-state index contributed by atoms with van der Waals surface area (Å²) in [6.07, 6.45) is 3.87. The number of nitrogens with zero attached hydrogens (tertiary/aromatic N) is 4. The van der Waals surface area contributed by atoms with Crippen molar-refractivity contribution in [2.45, 2.75) is 58.8 Å². The second kappa shape index (κ2) is 7.03. The molecule has 0 radical (unpaired) electrons. The SMILES string of the molecule is Cn1nccc1COCc1nnc([C@@H]2CCCO[C@H]2C(C)(C)C)o1. The van der Waals surface area contributed by atoms with Crippen molar-refractivity contribution in [3.8, 4) is 0 Å². The molecule has 3 rings (SSSR count). The summed E-state index contributed by atoms with van der Waals surface area (Å²) in [5.41, 5.74) is 1.04. The summed E-state index contributed by atoms with van der Waals surface area (Å²) >= 11 is 0. The average Bonchev–Trinajstić information content (AvgIpc) is 3.16. The highest BCUT2D eigenvalue weighted by molar-refractivity contribution is 5.01. The Hall–Kier alpha value is -1.73. The Morgan fingerprint density at radius 2 is 2.12 bits per heavy atom.